The van der Waals surface area contributed by atoms with Crippen molar-refractivity contribution in [1.29, 1.82) is 0 Å². The van der Waals surface area contributed by atoms with Crippen LogP contribution in [-0.4, -0.2) is 91.7 Å². The number of nitrogens with one attached hydrogen (secondary N) is 2. The number of piperidine rings is 1. The van der Waals surface area contributed by atoms with Gasteiger partial charge in [-0.2, -0.15) is 0 Å². The molecule has 2 bridgehead atoms. The molecule has 4 aliphatic heterocycles. The van der Waals surface area contributed by atoms with Gasteiger partial charge in [-0.05, 0) is 31.9 Å². The number of hydrogen-bond donors (Lipinski definition) is 2. The Labute approximate surface area is 162 Å². The van der Waals surface area contributed by atoms with Crippen LogP contribution < -0.4 is 15.5 Å². The third kappa shape index (κ3) is 4.71. The Balaban J connectivity index is 1.28. The number of pyridine rings is 1. The molecule has 0 amide bonds. The highest BCUT2D eigenvalue weighted by atomic mass is 15.3. The van der Waals surface area contributed by atoms with Gasteiger partial charge in [-0.3, -0.25) is 14.8 Å². The number of guanidine groups is 1. The lowest BCUT2D eigenvalue weighted by Crippen LogP contribution is -2.62. The smallest absolute Gasteiger partial charge is 0.191 e. The Hall–Kier alpha value is -1.86. The molecule has 1 unspecified atom stereocenters. The molecular formula is C20H33N7. The maximum Gasteiger partial charge on any atom is 0.191 e. The van der Waals surface area contributed by atoms with Gasteiger partial charge in [0.05, 0.1) is 6.54 Å². The van der Waals surface area contributed by atoms with Crippen molar-refractivity contribution >= 4 is 11.8 Å². The zero-order valence-electron chi connectivity index (χ0n) is 16.5. The molecule has 1 atom stereocenters. The summed E-state index contributed by atoms with van der Waals surface area (Å²) in [5, 5.41) is 7.11. The summed E-state index contributed by atoms with van der Waals surface area (Å²) in [4.78, 5) is 17.0. The van der Waals surface area contributed by atoms with E-state index in [-0.39, 0.29) is 0 Å². The molecule has 5 rings (SSSR count). The summed E-state index contributed by atoms with van der Waals surface area (Å²) in [6, 6.07) is 7.20. The monoisotopic (exact) mass is 371 g/mol. The van der Waals surface area contributed by atoms with Crippen molar-refractivity contribution in [2.45, 2.75) is 31.8 Å². The first-order chi connectivity index (χ1) is 13.3. The van der Waals surface area contributed by atoms with Crippen LogP contribution in [-0.2, 0) is 0 Å². The summed E-state index contributed by atoms with van der Waals surface area (Å²) in [6.07, 6.45) is 4.11. The molecule has 2 N–H and O–H groups in total. The van der Waals surface area contributed by atoms with Gasteiger partial charge in [-0.25, -0.2) is 4.98 Å². The number of anilines is 1. The summed E-state index contributed by atoms with van der Waals surface area (Å²) < 4.78 is 0. The molecule has 1 aromatic heterocycles. The average molecular weight is 372 g/mol. The van der Waals surface area contributed by atoms with Crippen molar-refractivity contribution in [2.24, 2.45) is 4.99 Å². The van der Waals surface area contributed by atoms with E-state index in [4.69, 9.17) is 4.99 Å². The van der Waals surface area contributed by atoms with Crippen molar-refractivity contribution in [2.75, 3.05) is 63.8 Å². The number of rotatable bonds is 5. The highest BCUT2D eigenvalue weighted by Gasteiger charge is 2.31. The van der Waals surface area contributed by atoms with Crippen LogP contribution in [0, 0.1) is 0 Å². The molecule has 0 spiro atoms. The molecule has 5 heterocycles. The molecule has 27 heavy (non-hydrogen) atoms. The topological polar surface area (TPSA) is 59.0 Å². The predicted octanol–water partition coefficient (Wildman–Crippen LogP) is 0.605. The first-order valence-electron chi connectivity index (χ1n) is 10.5. The first kappa shape index (κ1) is 18.5. The minimum atomic E-state index is 0.481. The van der Waals surface area contributed by atoms with Crippen LogP contribution in [0.3, 0.4) is 0 Å². The van der Waals surface area contributed by atoms with Gasteiger partial charge in [0.1, 0.15) is 5.82 Å². The van der Waals surface area contributed by atoms with E-state index in [2.05, 4.69) is 49.4 Å². The van der Waals surface area contributed by atoms with Crippen LogP contribution in [0.5, 0.6) is 0 Å². The molecule has 4 aliphatic rings. The van der Waals surface area contributed by atoms with Crippen molar-refractivity contribution in [3.8, 4) is 0 Å². The van der Waals surface area contributed by atoms with Crippen molar-refractivity contribution in [3.63, 3.8) is 0 Å². The fraction of sp³-hybridized carbons (Fsp3) is 0.700. The molecule has 0 radical (unpaired) electrons. The normalized spacial score (nSPS) is 29.0. The predicted molar refractivity (Wildman–Crippen MR) is 110 cm³/mol. The fourth-order valence-electron chi connectivity index (χ4n) is 4.40. The average Bonchev–Trinajstić information content (AvgIpc) is 2.74. The maximum absolute atomic E-state index is 4.93. The van der Waals surface area contributed by atoms with E-state index in [1.807, 2.05) is 12.3 Å². The zero-order chi connectivity index (χ0) is 18.5. The van der Waals surface area contributed by atoms with Crippen LogP contribution in [0.15, 0.2) is 29.4 Å². The van der Waals surface area contributed by atoms with E-state index in [0.29, 0.717) is 12.1 Å². The lowest BCUT2D eigenvalue weighted by Gasteiger charge is -2.47. The molecule has 0 saturated carbocycles. The number of fused-ring (bicyclic) bond motifs is 3. The van der Waals surface area contributed by atoms with Gasteiger partial charge in [-0.1, -0.05) is 6.07 Å². The Bertz CT molecular complexity index is 604. The van der Waals surface area contributed by atoms with Crippen molar-refractivity contribution < 1.29 is 0 Å². The van der Waals surface area contributed by atoms with E-state index in [1.54, 1.807) is 0 Å². The molecule has 148 valence electrons. The van der Waals surface area contributed by atoms with E-state index in [1.165, 1.54) is 32.7 Å². The Kier molecular flexibility index (Phi) is 6.09. The summed E-state index contributed by atoms with van der Waals surface area (Å²) >= 11 is 0. The number of aliphatic imine (C=N–C) groups is 1. The summed E-state index contributed by atoms with van der Waals surface area (Å²) in [7, 11) is 0. The van der Waals surface area contributed by atoms with Crippen LogP contribution in [0.1, 0.15) is 19.8 Å². The molecule has 1 aromatic rings. The van der Waals surface area contributed by atoms with Gasteiger partial charge in [0.2, 0.25) is 0 Å². The van der Waals surface area contributed by atoms with Crippen LogP contribution in [0.25, 0.3) is 0 Å². The molecule has 0 aromatic carbocycles. The van der Waals surface area contributed by atoms with Crippen LogP contribution in [0.2, 0.25) is 0 Å². The Morgan fingerprint density at radius 3 is 2.59 bits per heavy atom. The Morgan fingerprint density at radius 1 is 1.15 bits per heavy atom. The molecule has 4 fully saturated rings. The largest absolute Gasteiger partial charge is 0.357 e. The first-order valence-corrected chi connectivity index (χ1v) is 10.5. The summed E-state index contributed by atoms with van der Waals surface area (Å²) in [6.45, 7) is 12.0. The third-order valence-electron chi connectivity index (χ3n) is 6.01. The number of hydrogen-bond acceptors (Lipinski definition) is 5. The van der Waals surface area contributed by atoms with E-state index in [9.17, 15) is 0 Å². The van der Waals surface area contributed by atoms with Gasteiger partial charge in [-0.15, -0.1) is 0 Å². The van der Waals surface area contributed by atoms with Gasteiger partial charge in [0.15, 0.2) is 5.96 Å². The lowest BCUT2D eigenvalue weighted by molar-refractivity contribution is 0.0174. The SMILES string of the molecule is CCNC(=NCC1CN2CCN1CC2)NC1CCN(c2ccccn2)CC1. The number of aromatic nitrogens is 1. The van der Waals surface area contributed by atoms with E-state index >= 15 is 0 Å². The van der Waals surface area contributed by atoms with Gasteiger partial charge in [0, 0.05) is 70.6 Å². The second kappa shape index (κ2) is 8.89. The lowest BCUT2D eigenvalue weighted by atomic mass is 10.1. The molecular weight excluding hydrogens is 338 g/mol. The van der Waals surface area contributed by atoms with E-state index in [0.717, 1.165) is 50.8 Å². The van der Waals surface area contributed by atoms with E-state index < -0.39 is 0 Å². The van der Waals surface area contributed by atoms with Crippen molar-refractivity contribution in [3.05, 3.63) is 24.4 Å². The van der Waals surface area contributed by atoms with Crippen LogP contribution in [0.4, 0.5) is 5.82 Å². The minimum Gasteiger partial charge on any atom is -0.357 e. The minimum absolute atomic E-state index is 0.481. The Morgan fingerprint density at radius 2 is 1.96 bits per heavy atom. The van der Waals surface area contributed by atoms with Crippen LogP contribution >= 0.6 is 0 Å². The molecule has 7 heteroatoms. The molecule has 7 nitrogen and oxygen atoms in total. The molecule has 0 aliphatic carbocycles. The molecule has 4 saturated heterocycles. The van der Waals surface area contributed by atoms with Gasteiger partial charge >= 0.3 is 0 Å². The number of nitrogens with zero attached hydrogens (tertiary/aromatic N) is 5. The number of piperazine rings is 3. The third-order valence-corrected chi connectivity index (χ3v) is 6.01. The highest BCUT2D eigenvalue weighted by molar-refractivity contribution is 5.80. The fourth-order valence-corrected chi connectivity index (χ4v) is 4.40. The summed E-state index contributed by atoms with van der Waals surface area (Å²) in [5.41, 5.74) is 0. The van der Waals surface area contributed by atoms with Gasteiger partial charge < -0.3 is 15.5 Å². The summed E-state index contributed by atoms with van der Waals surface area (Å²) in [5.74, 6) is 2.07. The zero-order valence-corrected chi connectivity index (χ0v) is 16.5. The maximum atomic E-state index is 4.93. The quantitative estimate of drug-likeness (QED) is 0.584. The van der Waals surface area contributed by atoms with Crippen molar-refractivity contribution in [1.82, 2.24) is 25.4 Å². The standard InChI is InChI=1S/C20H33N7/c1-2-21-20(23-15-18-16-25-11-13-26(18)14-12-25)24-17-6-9-27(10-7-17)19-5-3-4-8-22-19/h3-5,8,17-18H,2,6-7,9-16H2,1H3,(H2,21,23,24). The second-order valence-electron chi connectivity index (χ2n) is 7.80. The highest BCUT2D eigenvalue weighted by Crippen LogP contribution is 2.18. The van der Waals surface area contributed by atoms with Gasteiger partial charge in [0.25, 0.3) is 0 Å². The second-order valence-corrected chi connectivity index (χ2v) is 7.80.